The SMILES string of the molecule is CN=C(NCC(c1cnn(C)c1)N(C)C)NC1CCN(c2ccccc2OC)C1.I. The molecule has 2 heterocycles. The van der Waals surface area contributed by atoms with Crippen molar-refractivity contribution in [3.8, 4) is 5.75 Å². The maximum atomic E-state index is 5.52. The lowest BCUT2D eigenvalue weighted by atomic mass is 10.1. The van der Waals surface area contributed by atoms with Gasteiger partial charge in [0, 0.05) is 51.5 Å². The monoisotopic (exact) mass is 527 g/mol. The van der Waals surface area contributed by atoms with E-state index in [1.165, 1.54) is 5.56 Å². The Kier molecular flexibility index (Phi) is 9.22. The van der Waals surface area contributed by atoms with Crippen molar-refractivity contribution in [2.45, 2.75) is 18.5 Å². The summed E-state index contributed by atoms with van der Waals surface area (Å²) in [5, 5.41) is 11.4. The maximum Gasteiger partial charge on any atom is 0.191 e. The number of likely N-dealkylation sites (N-methyl/N-ethyl adjacent to an activating group) is 1. The van der Waals surface area contributed by atoms with Crippen molar-refractivity contribution < 1.29 is 4.74 Å². The highest BCUT2D eigenvalue weighted by atomic mass is 127. The fourth-order valence-corrected chi connectivity index (χ4v) is 3.78. The van der Waals surface area contributed by atoms with E-state index in [1.54, 1.807) is 7.11 Å². The molecule has 2 unspecified atom stereocenters. The highest BCUT2D eigenvalue weighted by Gasteiger charge is 2.25. The number of rotatable bonds is 7. The van der Waals surface area contributed by atoms with E-state index < -0.39 is 0 Å². The lowest BCUT2D eigenvalue weighted by Crippen LogP contribution is -2.46. The molecule has 0 bridgehead atoms. The van der Waals surface area contributed by atoms with E-state index in [0.29, 0.717) is 6.04 Å². The zero-order chi connectivity index (χ0) is 20.8. The smallest absolute Gasteiger partial charge is 0.191 e. The van der Waals surface area contributed by atoms with E-state index >= 15 is 0 Å². The predicted molar refractivity (Wildman–Crippen MR) is 133 cm³/mol. The van der Waals surface area contributed by atoms with Gasteiger partial charge >= 0.3 is 0 Å². The van der Waals surface area contributed by atoms with Gasteiger partial charge in [0.2, 0.25) is 0 Å². The molecule has 8 nitrogen and oxygen atoms in total. The molecule has 1 aliphatic rings. The highest BCUT2D eigenvalue weighted by molar-refractivity contribution is 14.0. The van der Waals surface area contributed by atoms with Gasteiger partial charge in [-0.05, 0) is 32.6 Å². The van der Waals surface area contributed by atoms with Crippen LogP contribution < -0.4 is 20.3 Å². The van der Waals surface area contributed by atoms with Crippen molar-refractivity contribution in [1.82, 2.24) is 25.3 Å². The summed E-state index contributed by atoms with van der Waals surface area (Å²) in [4.78, 5) is 8.98. The third-order valence-corrected chi connectivity index (χ3v) is 5.37. The van der Waals surface area contributed by atoms with Gasteiger partial charge in [0.05, 0.1) is 25.0 Å². The van der Waals surface area contributed by atoms with Crippen LogP contribution in [0.2, 0.25) is 0 Å². The molecule has 2 atom stereocenters. The van der Waals surface area contributed by atoms with Gasteiger partial charge in [-0.2, -0.15) is 5.10 Å². The summed E-state index contributed by atoms with van der Waals surface area (Å²) in [7, 11) is 9.64. The number of nitrogens with one attached hydrogen (secondary N) is 2. The topological polar surface area (TPSA) is 70.0 Å². The standard InChI is InChI=1S/C21H33N7O.HI/c1-22-21(23-13-19(26(2)3)16-12-24-27(4)14-16)25-17-10-11-28(15-17)18-8-6-7-9-20(18)29-5;/h6-9,12,14,17,19H,10-11,13,15H2,1-5H3,(H2,22,23,25);1H. The first-order valence-electron chi connectivity index (χ1n) is 10.0. The average molecular weight is 527 g/mol. The van der Waals surface area contributed by atoms with E-state index in [0.717, 1.165) is 43.5 Å². The maximum absolute atomic E-state index is 5.52. The molecule has 0 amide bonds. The zero-order valence-electron chi connectivity index (χ0n) is 18.5. The summed E-state index contributed by atoms with van der Waals surface area (Å²) in [6.45, 7) is 2.66. The lowest BCUT2D eigenvalue weighted by molar-refractivity contribution is 0.298. The summed E-state index contributed by atoms with van der Waals surface area (Å²) < 4.78 is 7.35. The normalized spacial score (nSPS) is 17.6. The number of aryl methyl sites for hydroxylation is 1. The molecule has 1 aliphatic heterocycles. The Labute approximate surface area is 196 Å². The molecule has 1 saturated heterocycles. The van der Waals surface area contributed by atoms with Crippen LogP contribution in [0, 0.1) is 0 Å². The number of ether oxygens (including phenoxy) is 1. The van der Waals surface area contributed by atoms with E-state index in [4.69, 9.17) is 4.74 Å². The van der Waals surface area contributed by atoms with Gasteiger partial charge in [0.1, 0.15) is 5.75 Å². The molecule has 0 saturated carbocycles. The molecule has 2 aromatic rings. The Balaban J connectivity index is 0.00000320. The number of methoxy groups -OCH3 is 1. The van der Waals surface area contributed by atoms with Crippen LogP contribution in [-0.4, -0.2) is 74.6 Å². The average Bonchev–Trinajstić information content (AvgIpc) is 3.36. The second kappa shape index (κ2) is 11.4. The van der Waals surface area contributed by atoms with Gasteiger partial charge in [0.15, 0.2) is 5.96 Å². The third-order valence-electron chi connectivity index (χ3n) is 5.37. The molecular formula is C21H34IN7O. The lowest BCUT2D eigenvalue weighted by Gasteiger charge is -2.26. The molecule has 9 heteroatoms. The first-order valence-corrected chi connectivity index (χ1v) is 10.0. The van der Waals surface area contributed by atoms with E-state index in [2.05, 4.69) is 62.9 Å². The summed E-state index contributed by atoms with van der Waals surface area (Å²) in [5.74, 6) is 1.74. The van der Waals surface area contributed by atoms with E-state index in [-0.39, 0.29) is 30.0 Å². The number of anilines is 1. The Morgan fingerprint density at radius 3 is 2.77 bits per heavy atom. The van der Waals surface area contributed by atoms with Gasteiger partial charge in [-0.3, -0.25) is 9.67 Å². The van der Waals surface area contributed by atoms with Crippen molar-refractivity contribution in [3.63, 3.8) is 0 Å². The second-order valence-electron chi connectivity index (χ2n) is 7.63. The number of nitrogens with zero attached hydrogens (tertiary/aromatic N) is 5. The molecule has 0 radical (unpaired) electrons. The number of halogens is 1. The van der Waals surface area contributed by atoms with Crippen LogP contribution >= 0.6 is 24.0 Å². The quantitative estimate of drug-likeness (QED) is 0.327. The molecule has 2 N–H and O–H groups in total. The first-order chi connectivity index (χ1) is 14.0. The predicted octanol–water partition coefficient (Wildman–Crippen LogP) is 2.09. The van der Waals surface area contributed by atoms with Crippen LogP contribution in [0.1, 0.15) is 18.0 Å². The van der Waals surface area contributed by atoms with Crippen molar-refractivity contribution in [2.75, 3.05) is 52.8 Å². The summed E-state index contributed by atoms with van der Waals surface area (Å²) in [5.41, 5.74) is 2.33. The van der Waals surface area contributed by atoms with Crippen LogP contribution in [0.15, 0.2) is 41.7 Å². The number of para-hydroxylation sites is 2. The number of aliphatic imine (C=N–C) groups is 1. The Bertz CT molecular complexity index is 823. The molecule has 166 valence electrons. The first kappa shape index (κ1) is 24.3. The van der Waals surface area contributed by atoms with Crippen LogP contribution in [0.3, 0.4) is 0 Å². The van der Waals surface area contributed by atoms with Gasteiger partial charge in [-0.15, -0.1) is 24.0 Å². The van der Waals surface area contributed by atoms with Crippen LogP contribution in [0.4, 0.5) is 5.69 Å². The van der Waals surface area contributed by atoms with Gasteiger partial charge in [0.25, 0.3) is 0 Å². The Hall–Kier alpha value is -2.01. The van der Waals surface area contributed by atoms with Crippen LogP contribution in [-0.2, 0) is 7.05 Å². The fraction of sp³-hybridized carbons (Fsp3) is 0.524. The minimum Gasteiger partial charge on any atom is -0.495 e. The number of hydrogen-bond donors (Lipinski definition) is 2. The Morgan fingerprint density at radius 1 is 1.37 bits per heavy atom. The summed E-state index contributed by atoms with van der Waals surface area (Å²) in [6.07, 6.45) is 5.04. The molecule has 1 aromatic heterocycles. The minimum atomic E-state index is 0. The number of aromatic nitrogens is 2. The Morgan fingerprint density at radius 2 is 2.13 bits per heavy atom. The summed E-state index contributed by atoms with van der Waals surface area (Å²) >= 11 is 0. The van der Waals surface area contributed by atoms with Crippen LogP contribution in [0.5, 0.6) is 5.75 Å². The molecule has 1 aromatic carbocycles. The fourth-order valence-electron chi connectivity index (χ4n) is 3.78. The molecule has 0 spiro atoms. The largest absolute Gasteiger partial charge is 0.495 e. The van der Waals surface area contributed by atoms with Crippen LogP contribution in [0.25, 0.3) is 0 Å². The van der Waals surface area contributed by atoms with Crippen molar-refractivity contribution in [1.29, 1.82) is 0 Å². The minimum absolute atomic E-state index is 0. The van der Waals surface area contributed by atoms with E-state index in [9.17, 15) is 0 Å². The van der Waals surface area contributed by atoms with Crippen molar-refractivity contribution in [3.05, 3.63) is 42.2 Å². The number of guanidine groups is 1. The molecular weight excluding hydrogens is 493 g/mol. The second-order valence-corrected chi connectivity index (χ2v) is 7.63. The van der Waals surface area contributed by atoms with Gasteiger partial charge < -0.3 is 25.2 Å². The molecule has 0 aliphatic carbocycles. The zero-order valence-corrected chi connectivity index (χ0v) is 20.8. The van der Waals surface area contributed by atoms with E-state index in [1.807, 2.05) is 37.1 Å². The molecule has 1 fully saturated rings. The summed E-state index contributed by atoms with van der Waals surface area (Å²) in [6, 6.07) is 8.74. The van der Waals surface area contributed by atoms with Gasteiger partial charge in [-0.25, -0.2) is 0 Å². The third kappa shape index (κ3) is 6.00. The van der Waals surface area contributed by atoms with Crippen molar-refractivity contribution >= 4 is 35.6 Å². The number of hydrogen-bond acceptors (Lipinski definition) is 5. The van der Waals surface area contributed by atoms with Crippen molar-refractivity contribution in [2.24, 2.45) is 12.0 Å². The molecule has 3 rings (SSSR count). The molecule has 30 heavy (non-hydrogen) atoms. The number of benzene rings is 1. The highest BCUT2D eigenvalue weighted by Crippen LogP contribution is 2.30. The van der Waals surface area contributed by atoms with Gasteiger partial charge in [-0.1, -0.05) is 12.1 Å².